The number of fused-ring (bicyclic) bond motifs is 3. The number of carbonyl (C=O) groups excluding carboxylic acids is 2. The number of ether oxygens (including phenoxy) is 1. The molecule has 0 bridgehead atoms. The van der Waals surface area contributed by atoms with Gasteiger partial charge < -0.3 is 9.64 Å². The number of hydrogen-bond donors (Lipinski definition) is 0. The van der Waals surface area contributed by atoms with Gasteiger partial charge in [-0.3, -0.25) is 4.79 Å². The minimum Gasteiger partial charge on any atom is -0.465 e. The molecule has 1 aromatic carbocycles. The molecule has 1 amide bonds. The molecule has 1 aliphatic rings. The molecule has 5 nitrogen and oxygen atoms in total. The lowest BCUT2D eigenvalue weighted by Gasteiger charge is -2.17. The monoisotopic (exact) mass is 408 g/mol. The second kappa shape index (κ2) is 7.59. The number of amides is 1. The standard InChI is InChI=1S/C23H24N2O3S/c1-5-6-17-21(23(27)28-4)19(15-9-7-13(2)8-10-15)20-16-11-25(14(3)26)12-18(16)29-22(20)24-17/h7-10H,5-6,11-12H2,1-4H3. The average Bonchev–Trinajstić information content (AvgIpc) is 3.25. The van der Waals surface area contributed by atoms with E-state index in [2.05, 4.69) is 19.1 Å². The van der Waals surface area contributed by atoms with Crippen molar-refractivity contribution in [3.05, 3.63) is 51.5 Å². The van der Waals surface area contributed by atoms with Crippen molar-refractivity contribution < 1.29 is 14.3 Å². The highest BCUT2D eigenvalue weighted by Gasteiger charge is 2.31. The van der Waals surface area contributed by atoms with E-state index >= 15 is 0 Å². The van der Waals surface area contributed by atoms with E-state index in [4.69, 9.17) is 9.72 Å². The molecule has 0 aliphatic carbocycles. The van der Waals surface area contributed by atoms with Gasteiger partial charge in [0, 0.05) is 29.3 Å². The van der Waals surface area contributed by atoms with Gasteiger partial charge in [-0.1, -0.05) is 43.2 Å². The Labute approximate surface area is 174 Å². The van der Waals surface area contributed by atoms with Crippen molar-refractivity contribution >= 4 is 33.4 Å². The maximum Gasteiger partial charge on any atom is 0.340 e. The average molecular weight is 409 g/mol. The number of rotatable bonds is 4. The third-order valence-electron chi connectivity index (χ3n) is 5.44. The highest BCUT2D eigenvalue weighted by molar-refractivity contribution is 7.19. The maximum absolute atomic E-state index is 12.9. The van der Waals surface area contributed by atoms with E-state index in [-0.39, 0.29) is 11.9 Å². The predicted octanol–water partition coefficient (Wildman–Crippen LogP) is 4.87. The van der Waals surface area contributed by atoms with E-state index in [1.54, 1.807) is 18.3 Å². The van der Waals surface area contributed by atoms with Crippen LogP contribution < -0.4 is 0 Å². The first-order valence-electron chi connectivity index (χ1n) is 9.82. The topological polar surface area (TPSA) is 59.5 Å². The van der Waals surface area contributed by atoms with Crippen LogP contribution in [0.25, 0.3) is 21.3 Å². The maximum atomic E-state index is 12.9. The largest absolute Gasteiger partial charge is 0.465 e. The van der Waals surface area contributed by atoms with Crippen molar-refractivity contribution in [3.63, 3.8) is 0 Å². The van der Waals surface area contributed by atoms with Crippen LogP contribution in [0.1, 0.15) is 52.3 Å². The molecule has 0 radical (unpaired) electrons. The Hall–Kier alpha value is -2.73. The predicted molar refractivity (Wildman–Crippen MR) is 115 cm³/mol. The Bertz CT molecular complexity index is 1120. The quantitative estimate of drug-likeness (QED) is 0.578. The van der Waals surface area contributed by atoms with Gasteiger partial charge in [-0.05, 0) is 24.5 Å². The van der Waals surface area contributed by atoms with E-state index in [0.29, 0.717) is 25.1 Å². The van der Waals surface area contributed by atoms with Crippen LogP contribution in [-0.2, 0) is 29.0 Å². The van der Waals surface area contributed by atoms with Gasteiger partial charge in [0.2, 0.25) is 5.91 Å². The third kappa shape index (κ3) is 3.31. The summed E-state index contributed by atoms with van der Waals surface area (Å²) in [6.07, 6.45) is 1.60. The van der Waals surface area contributed by atoms with E-state index in [1.165, 1.54) is 7.11 Å². The van der Waals surface area contributed by atoms with Crippen LogP contribution in [0.5, 0.6) is 0 Å². The minimum absolute atomic E-state index is 0.0576. The number of aromatic nitrogens is 1. The summed E-state index contributed by atoms with van der Waals surface area (Å²) in [5, 5.41) is 0.984. The molecule has 4 rings (SSSR count). The molecule has 0 saturated carbocycles. The highest BCUT2D eigenvalue weighted by Crippen LogP contribution is 2.44. The smallest absolute Gasteiger partial charge is 0.340 e. The van der Waals surface area contributed by atoms with Gasteiger partial charge in [0.15, 0.2) is 0 Å². The van der Waals surface area contributed by atoms with Gasteiger partial charge in [-0.25, -0.2) is 9.78 Å². The van der Waals surface area contributed by atoms with Gasteiger partial charge in [0.05, 0.1) is 24.9 Å². The number of carbonyl (C=O) groups is 2. The fourth-order valence-electron chi connectivity index (χ4n) is 3.97. The number of thiophene rings is 1. The molecule has 6 heteroatoms. The molecule has 150 valence electrons. The Morgan fingerprint density at radius 3 is 2.55 bits per heavy atom. The van der Waals surface area contributed by atoms with Crippen LogP contribution in [0, 0.1) is 6.92 Å². The fourth-order valence-corrected chi connectivity index (χ4v) is 5.20. The number of methoxy groups -OCH3 is 1. The molecule has 2 aromatic heterocycles. The molecule has 29 heavy (non-hydrogen) atoms. The van der Waals surface area contributed by atoms with E-state index < -0.39 is 0 Å². The van der Waals surface area contributed by atoms with Gasteiger partial charge in [0.1, 0.15) is 4.83 Å². The number of nitrogens with zero attached hydrogens (tertiary/aromatic N) is 2. The molecule has 0 spiro atoms. The lowest BCUT2D eigenvalue weighted by Crippen LogP contribution is -2.22. The van der Waals surface area contributed by atoms with Gasteiger partial charge in [0.25, 0.3) is 0 Å². The van der Waals surface area contributed by atoms with E-state index in [1.807, 2.05) is 24.0 Å². The van der Waals surface area contributed by atoms with Crippen molar-refractivity contribution in [1.29, 1.82) is 0 Å². The number of aryl methyl sites for hydroxylation is 2. The lowest BCUT2D eigenvalue weighted by atomic mass is 9.92. The second-order valence-electron chi connectivity index (χ2n) is 7.48. The number of benzene rings is 1. The summed E-state index contributed by atoms with van der Waals surface area (Å²) in [4.78, 5) is 33.6. The normalized spacial score (nSPS) is 13.0. The highest BCUT2D eigenvalue weighted by atomic mass is 32.1. The molecule has 3 aromatic rings. The summed E-state index contributed by atoms with van der Waals surface area (Å²) in [5.74, 6) is -0.304. The lowest BCUT2D eigenvalue weighted by molar-refractivity contribution is -0.129. The van der Waals surface area contributed by atoms with Crippen molar-refractivity contribution in [3.8, 4) is 11.1 Å². The Morgan fingerprint density at radius 1 is 1.21 bits per heavy atom. The third-order valence-corrected chi connectivity index (χ3v) is 6.55. The molecule has 1 aliphatic heterocycles. The molecule has 0 atom stereocenters. The first kappa shape index (κ1) is 19.6. The molecule has 0 N–H and O–H groups in total. The summed E-state index contributed by atoms with van der Waals surface area (Å²) in [5.41, 5.74) is 5.46. The fraction of sp³-hybridized carbons (Fsp3) is 0.348. The zero-order valence-electron chi connectivity index (χ0n) is 17.2. The number of esters is 1. The SMILES string of the molecule is CCCc1nc2sc3c(c2c(-c2ccc(C)cc2)c1C(=O)OC)CN(C(C)=O)C3. The van der Waals surface area contributed by atoms with Crippen molar-refractivity contribution in [2.24, 2.45) is 0 Å². The zero-order valence-corrected chi connectivity index (χ0v) is 18.0. The molecular weight excluding hydrogens is 384 g/mol. The first-order valence-corrected chi connectivity index (χ1v) is 10.6. The van der Waals surface area contributed by atoms with Crippen LogP contribution >= 0.6 is 11.3 Å². The van der Waals surface area contributed by atoms with Gasteiger partial charge in [-0.2, -0.15) is 0 Å². The van der Waals surface area contributed by atoms with Crippen LogP contribution in [0.3, 0.4) is 0 Å². The van der Waals surface area contributed by atoms with Crippen LogP contribution in [0.4, 0.5) is 0 Å². The van der Waals surface area contributed by atoms with Crippen LogP contribution in [0.15, 0.2) is 24.3 Å². The van der Waals surface area contributed by atoms with Crippen molar-refractivity contribution in [2.75, 3.05) is 7.11 Å². The molecule has 3 heterocycles. The molecule has 0 fully saturated rings. The molecule has 0 saturated heterocycles. The number of pyridine rings is 1. The summed E-state index contributed by atoms with van der Waals surface area (Å²) in [6, 6.07) is 8.20. The van der Waals surface area contributed by atoms with Gasteiger partial charge >= 0.3 is 5.97 Å². The van der Waals surface area contributed by atoms with Crippen molar-refractivity contribution in [1.82, 2.24) is 9.88 Å². The van der Waals surface area contributed by atoms with E-state index in [0.717, 1.165) is 49.5 Å². The van der Waals surface area contributed by atoms with Crippen LogP contribution in [-0.4, -0.2) is 28.9 Å². The second-order valence-corrected chi connectivity index (χ2v) is 8.56. The van der Waals surface area contributed by atoms with E-state index in [9.17, 15) is 9.59 Å². The van der Waals surface area contributed by atoms with Gasteiger partial charge in [-0.15, -0.1) is 11.3 Å². The van der Waals surface area contributed by atoms with Crippen molar-refractivity contribution in [2.45, 2.75) is 46.7 Å². The minimum atomic E-state index is -0.361. The summed E-state index contributed by atoms with van der Waals surface area (Å²) < 4.78 is 5.17. The summed E-state index contributed by atoms with van der Waals surface area (Å²) >= 11 is 1.63. The Kier molecular flexibility index (Phi) is 5.13. The molecule has 0 unspecified atom stereocenters. The summed E-state index contributed by atoms with van der Waals surface area (Å²) in [6.45, 7) is 6.88. The number of hydrogen-bond acceptors (Lipinski definition) is 5. The Morgan fingerprint density at radius 2 is 1.93 bits per heavy atom. The zero-order chi connectivity index (χ0) is 20.7. The molecular formula is C23H24N2O3S. The summed E-state index contributed by atoms with van der Waals surface area (Å²) in [7, 11) is 1.41. The van der Waals surface area contributed by atoms with Crippen LogP contribution in [0.2, 0.25) is 0 Å². The first-order chi connectivity index (χ1) is 13.9. The Balaban J connectivity index is 2.07.